The molecule has 2 bridgehead atoms. The monoisotopic (exact) mass is 182 g/mol. The van der Waals surface area contributed by atoms with Gasteiger partial charge in [0.2, 0.25) is 0 Å². The van der Waals surface area contributed by atoms with Gasteiger partial charge in [-0.25, -0.2) is 0 Å². The van der Waals surface area contributed by atoms with Crippen LogP contribution < -0.4 is 0 Å². The summed E-state index contributed by atoms with van der Waals surface area (Å²) in [6.45, 7) is 0. The summed E-state index contributed by atoms with van der Waals surface area (Å²) >= 11 is 0. The lowest BCUT2D eigenvalue weighted by Crippen LogP contribution is -2.42. The lowest BCUT2D eigenvalue weighted by Gasteiger charge is -2.37. The molecule has 0 aromatic carbocycles. The van der Waals surface area contributed by atoms with E-state index in [0.717, 1.165) is 24.6 Å². The van der Waals surface area contributed by atoms with Gasteiger partial charge in [0.25, 0.3) is 0 Å². The Balaban J connectivity index is 2.13. The van der Waals surface area contributed by atoms with E-state index < -0.39 is 0 Å². The van der Waals surface area contributed by atoms with Crippen LogP contribution in [0.2, 0.25) is 0 Å². The molecule has 2 atom stereocenters. The maximum absolute atomic E-state index is 8.79. The molecule has 13 heavy (non-hydrogen) atoms. The Kier molecular flexibility index (Phi) is 2.54. The van der Waals surface area contributed by atoms with Gasteiger partial charge < -0.3 is 10.1 Å². The molecular formula is C10H18N2O. The van der Waals surface area contributed by atoms with Gasteiger partial charge in [-0.1, -0.05) is 11.6 Å². The fourth-order valence-electron chi connectivity index (χ4n) is 2.69. The summed E-state index contributed by atoms with van der Waals surface area (Å²) in [6.07, 6.45) is 7.08. The van der Waals surface area contributed by atoms with E-state index in [-0.39, 0.29) is 0 Å². The molecule has 3 heteroatoms. The molecular weight excluding hydrogens is 164 g/mol. The fourth-order valence-corrected chi connectivity index (χ4v) is 2.69. The van der Waals surface area contributed by atoms with Gasteiger partial charge in [0.05, 0.1) is 5.71 Å². The van der Waals surface area contributed by atoms with Crippen molar-refractivity contribution in [3.63, 3.8) is 0 Å². The van der Waals surface area contributed by atoms with Crippen LogP contribution >= 0.6 is 0 Å². The largest absolute Gasteiger partial charge is 0.411 e. The van der Waals surface area contributed by atoms with Gasteiger partial charge in [-0.15, -0.1) is 0 Å². The van der Waals surface area contributed by atoms with Crippen LogP contribution in [0.3, 0.4) is 0 Å². The predicted molar refractivity (Wildman–Crippen MR) is 52.3 cm³/mol. The highest BCUT2D eigenvalue weighted by Gasteiger charge is 2.31. The average Bonchev–Trinajstić information content (AvgIpc) is 2.25. The van der Waals surface area contributed by atoms with Crippen molar-refractivity contribution in [3.8, 4) is 0 Å². The molecule has 2 heterocycles. The Bertz CT molecular complexity index is 215. The zero-order valence-electron chi connectivity index (χ0n) is 8.24. The van der Waals surface area contributed by atoms with E-state index in [1.807, 2.05) is 0 Å². The maximum Gasteiger partial charge on any atom is 0.0587 e. The molecule has 0 amide bonds. The number of piperidine rings is 1. The summed E-state index contributed by atoms with van der Waals surface area (Å²) in [5, 5.41) is 12.2. The average molecular weight is 182 g/mol. The Morgan fingerprint density at radius 1 is 1.31 bits per heavy atom. The number of nitrogens with zero attached hydrogens (tertiary/aromatic N) is 2. The van der Waals surface area contributed by atoms with Crippen molar-refractivity contribution in [2.45, 2.75) is 50.6 Å². The van der Waals surface area contributed by atoms with Gasteiger partial charge in [-0.05, 0) is 32.7 Å². The van der Waals surface area contributed by atoms with Crippen molar-refractivity contribution < 1.29 is 5.21 Å². The summed E-state index contributed by atoms with van der Waals surface area (Å²) in [7, 11) is 2.22. The molecule has 74 valence electrons. The Hall–Kier alpha value is -0.570. The first-order chi connectivity index (χ1) is 6.31. The van der Waals surface area contributed by atoms with Crippen LogP contribution in [0.4, 0.5) is 0 Å². The standard InChI is InChI=1S/C10H18N2O/c1-12-9-3-2-4-10(12)7-8(11-13)5-6-9/h9-10,13H,2-7H2,1H3/b11-8+/t9-,10+/m1/s1. The minimum absolute atomic E-state index is 0.632. The molecule has 0 spiro atoms. The second-order valence-electron chi connectivity index (χ2n) is 4.31. The highest BCUT2D eigenvalue weighted by atomic mass is 16.4. The summed E-state index contributed by atoms with van der Waals surface area (Å²) in [5.41, 5.74) is 1.00. The van der Waals surface area contributed by atoms with Gasteiger partial charge in [-0.3, -0.25) is 0 Å². The van der Waals surface area contributed by atoms with Crippen LogP contribution in [-0.2, 0) is 0 Å². The predicted octanol–water partition coefficient (Wildman–Crippen LogP) is 1.85. The van der Waals surface area contributed by atoms with Crippen molar-refractivity contribution in [2.24, 2.45) is 5.16 Å². The number of rotatable bonds is 0. The highest BCUT2D eigenvalue weighted by Crippen LogP contribution is 2.30. The zero-order chi connectivity index (χ0) is 9.26. The summed E-state index contributed by atoms with van der Waals surface area (Å²) in [4.78, 5) is 2.49. The molecule has 0 radical (unpaired) electrons. The van der Waals surface area contributed by atoms with Gasteiger partial charge in [-0.2, -0.15) is 0 Å². The van der Waals surface area contributed by atoms with Crippen LogP contribution in [-0.4, -0.2) is 35.0 Å². The minimum Gasteiger partial charge on any atom is -0.411 e. The van der Waals surface area contributed by atoms with Crippen LogP contribution in [0.5, 0.6) is 0 Å². The Morgan fingerprint density at radius 3 is 2.85 bits per heavy atom. The van der Waals surface area contributed by atoms with Crippen molar-refractivity contribution in [1.82, 2.24) is 4.90 Å². The summed E-state index contributed by atoms with van der Waals surface area (Å²) in [6, 6.07) is 1.37. The van der Waals surface area contributed by atoms with E-state index in [1.165, 1.54) is 25.7 Å². The van der Waals surface area contributed by atoms with Gasteiger partial charge >= 0.3 is 0 Å². The topological polar surface area (TPSA) is 35.8 Å². The van der Waals surface area contributed by atoms with Gasteiger partial charge in [0, 0.05) is 18.5 Å². The van der Waals surface area contributed by atoms with Crippen molar-refractivity contribution in [1.29, 1.82) is 0 Å². The minimum atomic E-state index is 0.632. The second kappa shape index (κ2) is 3.66. The lowest BCUT2D eigenvalue weighted by atomic mass is 9.95. The Labute approximate surface area is 79.4 Å². The molecule has 0 unspecified atom stereocenters. The smallest absolute Gasteiger partial charge is 0.0587 e. The molecule has 0 aromatic heterocycles. The number of hydrogen-bond acceptors (Lipinski definition) is 3. The third-order valence-corrected chi connectivity index (χ3v) is 3.61. The third kappa shape index (κ3) is 1.70. The third-order valence-electron chi connectivity index (χ3n) is 3.61. The number of fused-ring (bicyclic) bond motifs is 2. The van der Waals surface area contributed by atoms with Crippen LogP contribution in [0.1, 0.15) is 38.5 Å². The molecule has 0 aromatic rings. The molecule has 2 rings (SSSR count). The first kappa shape index (κ1) is 9.00. The van der Waals surface area contributed by atoms with Crippen molar-refractivity contribution in [2.75, 3.05) is 7.05 Å². The van der Waals surface area contributed by atoms with Crippen molar-refractivity contribution in [3.05, 3.63) is 0 Å². The molecule has 2 aliphatic heterocycles. The van der Waals surface area contributed by atoms with E-state index >= 15 is 0 Å². The van der Waals surface area contributed by atoms with Crippen LogP contribution in [0, 0.1) is 0 Å². The van der Waals surface area contributed by atoms with E-state index in [4.69, 9.17) is 5.21 Å². The quantitative estimate of drug-likeness (QED) is 0.458. The normalized spacial score (nSPS) is 39.0. The van der Waals surface area contributed by atoms with E-state index in [0.29, 0.717) is 6.04 Å². The zero-order valence-corrected chi connectivity index (χ0v) is 8.24. The molecule has 3 nitrogen and oxygen atoms in total. The first-order valence-electron chi connectivity index (χ1n) is 5.23. The van der Waals surface area contributed by atoms with Crippen LogP contribution in [0.15, 0.2) is 5.16 Å². The van der Waals surface area contributed by atoms with Crippen LogP contribution in [0.25, 0.3) is 0 Å². The molecule has 0 aliphatic carbocycles. The highest BCUT2D eigenvalue weighted by molar-refractivity contribution is 5.84. The molecule has 2 saturated heterocycles. The Morgan fingerprint density at radius 2 is 2.08 bits per heavy atom. The van der Waals surface area contributed by atoms with E-state index in [1.54, 1.807) is 0 Å². The van der Waals surface area contributed by atoms with E-state index in [2.05, 4.69) is 17.1 Å². The molecule has 0 saturated carbocycles. The number of oxime groups is 1. The number of hydrogen-bond donors (Lipinski definition) is 1. The van der Waals surface area contributed by atoms with E-state index in [9.17, 15) is 0 Å². The van der Waals surface area contributed by atoms with Crippen molar-refractivity contribution >= 4 is 5.71 Å². The molecule has 1 N–H and O–H groups in total. The second-order valence-corrected chi connectivity index (χ2v) is 4.31. The fraction of sp³-hybridized carbons (Fsp3) is 0.900. The molecule has 2 fully saturated rings. The first-order valence-corrected chi connectivity index (χ1v) is 5.23. The SMILES string of the molecule is CN1[C@@H]2CCC[C@H]1C/C(=N/O)CC2. The van der Waals surface area contributed by atoms with Gasteiger partial charge in [0.1, 0.15) is 0 Å². The lowest BCUT2D eigenvalue weighted by molar-refractivity contribution is 0.121. The summed E-state index contributed by atoms with van der Waals surface area (Å²) in [5.74, 6) is 0. The summed E-state index contributed by atoms with van der Waals surface area (Å²) < 4.78 is 0. The van der Waals surface area contributed by atoms with Gasteiger partial charge in [0.15, 0.2) is 0 Å². The molecule has 2 aliphatic rings. The maximum atomic E-state index is 8.79.